The topological polar surface area (TPSA) is 56.7 Å². The van der Waals surface area contributed by atoms with Crippen molar-refractivity contribution in [2.75, 3.05) is 0 Å². The van der Waals surface area contributed by atoms with E-state index in [0.29, 0.717) is 17.5 Å². The highest BCUT2D eigenvalue weighted by Crippen LogP contribution is 2.23. The largest absolute Gasteiger partial charge is 0.334 e. The summed E-state index contributed by atoms with van der Waals surface area (Å²) < 4.78 is 7.33. The molecule has 5 nitrogen and oxygen atoms in total. The van der Waals surface area contributed by atoms with Crippen LogP contribution in [0.1, 0.15) is 12.7 Å². The lowest BCUT2D eigenvalue weighted by molar-refractivity contribution is 0.425. The second-order valence-electron chi connectivity index (χ2n) is 3.81. The van der Waals surface area contributed by atoms with Crippen molar-refractivity contribution in [3.63, 3.8) is 0 Å². The summed E-state index contributed by atoms with van der Waals surface area (Å²) in [5, 5.41) is 8.95. The third kappa shape index (κ3) is 2.71. The van der Waals surface area contributed by atoms with Crippen molar-refractivity contribution in [3.05, 3.63) is 35.0 Å². The van der Waals surface area contributed by atoms with E-state index in [1.165, 1.54) is 0 Å². The Morgan fingerprint density at radius 3 is 3.21 bits per heavy atom. The van der Waals surface area contributed by atoms with Gasteiger partial charge < -0.3 is 9.09 Å². The Morgan fingerprint density at radius 2 is 2.42 bits per heavy atom. The molecule has 0 saturated carbocycles. The van der Waals surface area contributed by atoms with E-state index in [4.69, 9.17) is 4.52 Å². The Kier molecular flexibility index (Phi) is 3.65. The molecule has 0 bridgehead atoms. The van der Waals surface area contributed by atoms with Gasteiger partial charge in [0.25, 0.3) is 5.89 Å². The summed E-state index contributed by atoms with van der Waals surface area (Å²) in [6, 6.07) is 1.97. The zero-order valence-electron chi connectivity index (χ0n) is 10.3. The molecule has 0 spiro atoms. The normalized spacial score (nSPS) is 11.0. The van der Waals surface area contributed by atoms with Crippen LogP contribution in [0.3, 0.4) is 0 Å². The molecule has 0 unspecified atom stereocenters. The molecule has 3 heterocycles. The average molecular weight is 292 g/mol. The smallest absolute Gasteiger partial charge is 0.258 e. The minimum atomic E-state index is 0.579. The van der Waals surface area contributed by atoms with Crippen LogP contribution in [-0.2, 0) is 12.3 Å². The summed E-state index contributed by atoms with van der Waals surface area (Å²) in [5.74, 6) is 1.93. The average Bonchev–Trinajstić information content (AvgIpc) is 3.16. The fourth-order valence-corrected chi connectivity index (χ4v) is 3.12. The molecule has 0 aliphatic carbocycles. The van der Waals surface area contributed by atoms with Crippen LogP contribution in [0.25, 0.3) is 11.5 Å². The van der Waals surface area contributed by atoms with Crippen LogP contribution in [0.15, 0.2) is 38.9 Å². The third-order valence-electron chi connectivity index (χ3n) is 2.58. The molecule has 0 N–H and O–H groups in total. The number of rotatable bonds is 5. The summed E-state index contributed by atoms with van der Waals surface area (Å²) in [6.07, 6.45) is 3.77. The standard InChI is InChI=1S/C12H12N4OS2/c1-2-16-5-4-13-12(16)19-8-10-14-11(17-15-10)9-3-6-18-7-9/h3-7H,2,8H2,1H3. The molecule has 0 saturated heterocycles. The molecular formula is C12H12N4OS2. The van der Waals surface area contributed by atoms with Crippen LogP contribution in [-0.4, -0.2) is 19.7 Å². The van der Waals surface area contributed by atoms with E-state index < -0.39 is 0 Å². The maximum absolute atomic E-state index is 5.24. The number of hydrogen-bond donors (Lipinski definition) is 0. The number of thioether (sulfide) groups is 1. The molecule has 0 aliphatic rings. The summed E-state index contributed by atoms with van der Waals surface area (Å²) in [4.78, 5) is 8.68. The van der Waals surface area contributed by atoms with Gasteiger partial charge in [0.15, 0.2) is 11.0 Å². The van der Waals surface area contributed by atoms with E-state index >= 15 is 0 Å². The Balaban J connectivity index is 1.68. The van der Waals surface area contributed by atoms with Crippen molar-refractivity contribution < 1.29 is 4.52 Å². The van der Waals surface area contributed by atoms with Crippen molar-refractivity contribution >= 4 is 23.1 Å². The molecule has 0 aliphatic heterocycles. The van der Waals surface area contributed by atoms with Crippen molar-refractivity contribution in [3.8, 4) is 11.5 Å². The zero-order chi connectivity index (χ0) is 13.1. The van der Waals surface area contributed by atoms with Crippen molar-refractivity contribution in [1.29, 1.82) is 0 Å². The monoisotopic (exact) mass is 292 g/mol. The molecule has 19 heavy (non-hydrogen) atoms. The SMILES string of the molecule is CCn1ccnc1SCc1noc(-c2ccsc2)n1. The molecule has 3 aromatic heterocycles. The maximum Gasteiger partial charge on any atom is 0.258 e. The molecule has 0 atom stereocenters. The first-order valence-electron chi connectivity index (χ1n) is 5.86. The second-order valence-corrected chi connectivity index (χ2v) is 5.53. The van der Waals surface area contributed by atoms with E-state index in [2.05, 4.69) is 26.6 Å². The van der Waals surface area contributed by atoms with Crippen molar-refractivity contribution in [2.45, 2.75) is 24.4 Å². The first-order valence-corrected chi connectivity index (χ1v) is 7.78. The molecule has 0 aromatic carbocycles. The van der Waals surface area contributed by atoms with Gasteiger partial charge in [0.05, 0.1) is 11.3 Å². The highest BCUT2D eigenvalue weighted by molar-refractivity contribution is 7.98. The van der Waals surface area contributed by atoms with Gasteiger partial charge in [0, 0.05) is 24.3 Å². The molecular weight excluding hydrogens is 280 g/mol. The maximum atomic E-state index is 5.24. The molecule has 0 amide bonds. The van der Waals surface area contributed by atoms with E-state index in [1.54, 1.807) is 29.3 Å². The fraction of sp³-hybridized carbons (Fsp3) is 0.250. The second kappa shape index (κ2) is 5.58. The number of imidazole rings is 1. The Hall–Kier alpha value is -1.60. The summed E-state index contributed by atoms with van der Waals surface area (Å²) in [7, 11) is 0. The van der Waals surface area contributed by atoms with Crippen LogP contribution in [0, 0.1) is 0 Å². The fourth-order valence-electron chi connectivity index (χ4n) is 1.62. The predicted octanol–water partition coefficient (Wildman–Crippen LogP) is 3.31. The quantitative estimate of drug-likeness (QED) is 0.675. The molecule has 3 aromatic rings. The lowest BCUT2D eigenvalue weighted by atomic mass is 10.3. The number of nitrogens with zero attached hydrogens (tertiary/aromatic N) is 4. The lowest BCUT2D eigenvalue weighted by Crippen LogP contribution is -1.95. The van der Waals surface area contributed by atoms with E-state index in [-0.39, 0.29) is 0 Å². The van der Waals surface area contributed by atoms with Crippen LogP contribution in [0.2, 0.25) is 0 Å². The van der Waals surface area contributed by atoms with Crippen LogP contribution in [0.4, 0.5) is 0 Å². The summed E-state index contributed by atoms with van der Waals surface area (Å²) in [6.45, 7) is 3.00. The number of hydrogen-bond acceptors (Lipinski definition) is 6. The van der Waals surface area contributed by atoms with Crippen LogP contribution in [0.5, 0.6) is 0 Å². The predicted molar refractivity (Wildman–Crippen MR) is 75.1 cm³/mol. The van der Waals surface area contributed by atoms with Gasteiger partial charge in [-0.05, 0) is 18.4 Å². The summed E-state index contributed by atoms with van der Waals surface area (Å²) in [5.41, 5.74) is 0.976. The first kappa shape index (κ1) is 12.4. The van der Waals surface area contributed by atoms with Crippen LogP contribution >= 0.6 is 23.1 Å². The molecule has 98 valence electrons. The van der Waals surface area contributed by atoms with E-state index in [9.17, 15) is 0 Å². The zero-order valence-corrected chi connectivity index (χ0v) is 11.9. The van der Waals surface area contributed by atoms with Crippen LogP contribution < -0.4 is 0 Å². The van der Waals surface area contributed by atoms with Gasteiger partial charge in [-0.3, -0.25) is 0 Å². The Bertz CT molecular complexity index is 644. The highest BCUT2D eigenvalue weighted by atomic mass is 32.2. The minimum absolute atomic E-state index is 0.579. The van der Waals surface area contributed by atoms with Gasteiger partial charge in [-0.2, -0.15) is 16.3 Å². The van der Waals surface area contributed by atoms with Gasteiger partial charge in [0.1, 0.15) is 0 Å². The van der Waals surface area contributed by atoms with Crippen molar-refractivity contribution in [1.82, 2.24) is 19.7 Å². The third-order valence-corrected chi connectivity index (χ3v) is 4.27. The van der Waals surface area contributed by atoms with Gasteiger partial charge >= 0.3 is 0 Å². The lowest BCUT2D eigenvalue weighted by Gasteiger charge is -2.01. The van der Waals surface area contributed by atoms with Gasteiger partial charge in [-0.15, -0.1) is 0 Å². The van der Waals surface area contributed by atoms with Gasteiger partial charge in [0.2, 0.25) is 0 Å². The highest BCUT2D eigenvalue weighted by Gasteiger charge is 2.10. The Labute approximate surface area is 118 Å². The van der Waals surface area contributed by atoms with Gasteiger partial charge in [-0.1, -0.05) is 16.9 Å². The molecule has 7 heteroatoms. The molecule has 3 rings (SSSR count). The minimum Gasteiger partial charge on any atom is -0.334 e. The first-order chi connectivity index (χ1) is 9.36. The molecule has 0 fully saturated rings. The number of aromatic nitrogens is 4. The summed E-state index contributed by atoms with van der Waals surface area (Å²) >= 11 is 3.23. The van der Waals surface area contributed by atoms with Crippen molar-refractivity contribution in [2.24, 2.45) is 0 Å². The van der Waals surface area contributed by atoms with E-state index in [0.717, 1.165) is 17.3 Å². The van der Waals surface area contributed by atoms with E-state index in [1.807, 2.05) is 23.0 Å². The number of thiophene rings is 1. The van der Waals surface area contributed by atoms with Gasteiger partial charge in [-0.25, -0.2) is 4.98 Å². The molecule has 0 radical (unpaired) electrons. The Morgan fingerprint density at radius 1 is 1.47 bits per heavy atom. The number of aryl methyl sites for hydroxylation is 1.